The lowest BCUT2D eigenvalue weighted by Gasteiger charge is -2.08. The van der Waals surface area contributed by atoms with Crippen molar-refractivity contribution < 1.29 is 33.3 Å². The van der Waals surface area contributed by atoms with Crippen molar-refractivity contribution in [2.45, 2.75) is 58.8 Å². The first kappa shape index (κ1) is 31.1. The Morgan fingerprint density at radius 2 is 1.05 bits per heavy atom. The van der Waals surface area contributed by atoms with Gasteiger partial charge in [-0.25, -0.2) is 14.4 Å². The molecule has 0 fully saturated rings. The van der Waals surface area contributed by atoms with Crippen LogP contribution >= 0.6 is 0 Å². The first-order valence-electron chi connectivity index (χ1n) is 14.0. The van der Waals surface area contributed by atoms with Gasteiger partial charge in [-0.1, -0.05) is 51.3 Å². The molecule has 7 heteroatoms. The molecular weight excluding hydrogens is 520 g/mol. The molecule has 0 spiro atoms. The number of benzene rings is 3. The van der Waals surface area contributed by atoms with Gasteiger partial charge in [-0.05, 0) is 92.4 Å². The molecule has 0 saturated carbocycles. The highest BCUT2D eigenvalue weighted by Gasteiger charge is 2.12. The van der Waals surface area contributed by atoms with Gasteiger partial charge in [0.15, 0.2) is 0 Å². The second-order valence-electron chi connectivity index (χ2n) is 9.71. The van der Waals surface area contributed by atoms with Gasteiger partial charge in [0.25, 0.3) is 0 Å². The Morgan fingerprint density at radius 1 is 0.610 bits per heavy atom. The number of aryl methyl sites for hydroxylation is 1. The molecule has 0 heterocycles. The third kappa shape index (κ3) is 11.0. The number of rotatable bonds is 16. The van der Waals surface area contributed by atoms with Gasteiger partial charge < -0.3 is 18.9 Å². The molecule has 3 aromatic carbocycles. The van der Waals surface area contributed by atoms with E-state index in [9.17, 15) is 14.4 Å². The molecule has 0 amide bonds. The van der Waals surface area contributed by atoms with Gasteiger partial charge in [-0.2, -0.15) is 0 Å². The predicted octanol–water partition coefficient (Wildman–Crippen LogP) is 7.53. The first-order valence-corrected chi connectivity index (χ1v) is 14.0. The summed E-state index contributed by atoms with van der Waals surface area (Å²) in [5.74, 6) is 0.175. The van der Waals surface area contributed by atoms with Crippen LogP contribution in [-0.2, 0) is 16.0 Å². The van der Waals surface area contributed by atoms with Crippen LogP contribution in [0.25, 0.3) is 0 Å². The van der Waals surface area contributed by atoms with Crippen molar-refractivity contribution in [3.8, 4) is 17.2 Å². The van der Waals surface area contributed by atoms with Crippen LogP contribution in [0.2, 0.25) is 0 Å². The van der Waals surface area contributed by atoms with Crippen LogP contribution in [0.1, 0.15) is 78.7 Å². The number of ether oxygens (including phenoxy) is 4. The molecule has 0 aliphatic rings. The Kier molecular flexibility index (Phi) is 12.6. The van der Waals surface area contributed by atoms with Crippen molar-refractivity contribution in [1.29, 1.82) is 0 Å². The lowest BCUT2D eigenvalue weighted by molar-refractivity contribution is -0.139. The van der Waals surface area contributed by atoms with Crippen molar-refractivity contribution in [1.82, 2.24) is 0 Å². The minimum atomic E-state index is -0.503. The lowest BCUT2D eigenvalue weighted by atomic mass is 10.1. The highest BCUT2D eigenvalue weighted by atomic mass is 16.5. The molecule has 0 saturated heterocycles. The maximum Gasteiger partial charge on any atom is 0.343 e. The third-order valence-electron chi connectivity index (χ3n) is 6.32. The van der Waals surface area contributed by atoms with E-state index in [-0.39, 0.29) is 5.97 Å². The fourth-order valence-electron chi connectivity index (χ4n) is 3.86. The van der Waals surface area contributed by atoms with Gasteiger partial charge >= 0.3 is 17.9 Å². The standard InChI is InChI=1S/C34H38O7/c1-4-26-11-17-30(18-12-26)40-34(37)28-15-21-31(22-16-28)41-33(36)27-13-19-29(20-14-27)38-23-9-7-5-6-8-10-24-39-32(35)25(2)3/h11-22H,2,4-10,23-24H2,1,3H3. The van der Waals surface area contributed by atoms with Crippen molar-refractivity contribution in [2.24, 2.45) is 0 Å². The van der Waals surface area contributed by atoms with Crippen LogP contribution in [0.3, 0.4) is 0 Å². The second-order valence-corrected chi connectivity index (χ2v) is 9.71. The molecule has 216 valence electrons. The summed E-state index contributed by atoms with van der Waals surface area (Å²) < 4.78 is 21.7. The van der Waals surface area contributed by atoms with E-state index in [1.54, 1.807) is 67.6 Å². The normalized spacial score (nSPS) is 10.5. The lowest BCUT2D eigenvalue weighted by Crippen LogP contribution is -2.10. The summed E-state index contributed by atoms with van der Waals surface area (Å²) in [6.45, 7) is 8.30. The van der Waals surface area contributed by atoms with Crippen LogP contribution in [0.15, 0.2) is 84.9 Å². The second kappa shape index (κ2) is 16.7. The van der Waals surface area contributed by atoms with E-state index in [2.05, 4.69) is 13.5 Å². The van der Waals surface area contributed by atoms with E-state index >= 15 is 0 Å². The fourth-order valence-corrected chi connectivity index (χ4v) is 3.86. The molecule has 0 radical (unpaired) electrons. The SMILES string of the molecule is C=C(C)C(=O)OCCCCCCCCOc1ccc(C(=O)Oc2ccc(C(=O)Oc3ccc(CC)cc3)cc2)cc1. The summed E-state index contributed by atoms with van der Waals surface area (Å²) >= 11 is 0. The summed E-state index contributed by atoms with van der Waals surface area (Å²) in [4.78, 5) is 36.3. The van der Waals surface area contributed by atoms with Gasteiger partial charge in [-0.15, -0.1) is 0 Å². The Morgan fingerprint density at radius 3 is 1.54 bits per heavy atom. The summed E-state index contributed by atoms with van der Waals surface area (Å²) in [6, 6.07) is 20.4. The number of unbranched alkanes of at least 4 members (excludes halogenated alkanes) is 5. The number of hydrogen-bond donors (Lipinski definition) is 0. The highest BCUT2D eigenvalue weighted by molar-refractivity contribution is 5.92. The maximum atomic E-state index is 12.5. The largest absolute Gasteiger partial charge is 0.494 e. The molecule has 7 nitrogen and oxygen atoms in total. The monoisotopic (exact) mass is 558 g/mol. The number of hydrogen-bond acceptors (Lipinski definition) is 7. The topological polar surface area (TPSA) is 88.1 Å². The average molecular weight is 559 g/mol. The first-order chi connectivity index (χ1) is 19.9. The minimum Gasteiger partial charge on any atom is -0.494 e. The van der Waals surface area contributed by atoms with Crippen LogP contribution in [0.5, 0.6) is 17.2 Å². The highest BCUT2D eigenvalue weighted by Crippen LogP contribution is 2.19. The minimum absolute atomic E-state index is 0.326. The Balaban J connectivity index is 1.32. The van der Waals surface area contributed by atoms with Crippen molar-refractivity contribution >= 4 is 17.9 Å². The van der Waals surface area contributed by atoms with Gasteiger partial charge in [0.05, 0.1) is 24.3 Å². The summed E-state index contributed by atoms with van der Waals surface area (Å²) in [7, 11) is 0. The van der Waals surface area contributed by atoms with Crippen LogP contribution in [0, 0.1) is 0 Å². The third-order valence-corrected chi connectivity index (χ3v) is 6.32. The smallest absolute Gasteiger partial charge is 0.343 e. The molecule has 0 unspecified atom stereocenters. The summed E-state index contributed by atoms with van der Waals surface area (Å²) in [5.41, 5.74) is 2.34. The van der Waals surface area contributed by atoms with E-state index in [1.165, 1.54) is 0 Å². The molecule has 0 aromatic heterocycles. The van der Waals surface area contributed by atoms with Crippen LogP contribution in [0.4, 0.5) is 0 Å². The van der Waals surface area contributed by atoms with E-state index < -0.39 is 11.9 Å². The van der Waals surface area contributed by atoms with Gasteiger partial charge in [-0.3, -0.25) is 0 Å². The van der Waals surface area contributed by atoms with Gasteiger partial charge in [0.2, 0.25) is 0 Å². The fraction of sp³-hybridized carbons (Fsp3) is 0.324. The molecule has 0 aliphatic carbocycles. The zero-order valence-electron chi connectivity index (χ0n) is 23.9. The Bertz CT molecular complexity index is 1280. The molecule has 0 bridgehead atoms. The van der Waals surface area contributed by atoms with E-state index in [1.807, 2.05) is 12.1 Å². The maximum absolute atomic E-state index is 12.5. The quantitative estimate of drug-likeness (QED) is 0.0777. The number of esters is 3. The Hall–Kier alpha value is -4.39. The summed E-state index contributed by atoms with van der Waals surface area (Å²) in [6.07, 6.45) is 6.96. The Labute approximate surface area is 242 Å². The predicted molar refractivity (Wildman–Crippen MR) is 158 cm³/mol. The molecule has 3 rings (SSSR count). The van der Waals surface area contributed by atoms with E-state index in [0.29, 0.717) is 47.2 Å². The van der Waals surface area contributed by atoms with Crippen molar-refractivity contribution in [3.63, 3.8) is 0 Å². The van der Waals surface area contributed by atoms with Gasteiger partial charge in [0, 0.05) is 5.57 Å². The van der Waals surface area contributed by atoms with Gasteiger partial charge in [0.1, 0.15) is 17.2 Å². The van der Waals surface area contributed by atoms with Crippen LogP contribution in [-0.4, -0.2) is 31.1 Å². The molecule has 0 aliphatic heterocycles. The number of carbonyl (C=O) groups excluding carboxylic acids is 3. The zero-order chi connectivity index (χ0) is 29.5. The molecule has 0 N–H and O–H groups in total. The molecular formula is C34H38O7. The molecule has 3 aromatic rings. The molecule has 0 atom stereocenters. The molecule has 41 heavy (non-hydrogen) atoms. The zero-order valence-corrected chi connectivity index (χ0v) is 23.9. The number of carbonyl (C=O) groups is 3. The summed E-state index contributed by atoms with van der Waals surface area (Å²) in [5, 5.41) is 0. The van der Waals surface area contributed by atoms with E-state index in [0.717, 1.165) is 50.5 Å². The van der Waals surface area contributed by atoms with Crippen molar-refractivity contribution in [3.05, 3.63) is 102 Å². The van der Waals surface area contributed by atoms with Crippen LogP contribution < -0.4 is 14.2 Å². The van der Waals surface area contributed by atoms with E-state index in [4.69, 9.17) is 18.9 Å². The average Bonchev–Trinajstić information content (AvgIpc) is 2.99. The van der Waals surface area contributed by atoms with Crippen molar-refractivity contribution in [2.75, 3.05) is 13.2 Å².